The molecule has 3 rings (SSSR count). The number of azide groups is 1. The highest BCUT2D eigenvalue weighted by atomic mass is 31.2. The molecule has 0 saturated carbocycles. The zero-order chi connectivity index (χ0) is 30.4. The normalized spacial score (nSPS) is 20.8. The Hall–Kier alpha value is -2.72. The molecule has 0 radical (unpaired) electrons. The second kappa shape index (κ2) is 17.4. The number of anilines is 1. The molecule has 42 heavy (non-hydrogen) atoms. The Bertz CT molecular complexity index is 1230. The number of phosphoric ester groups is 1. The van der Waals surface area contributed by atoms with E-state index >= 15 is 0 Å². The first-order chi connectivity index (χ1) is 20.2. The van der Waals surface area contributed by atoms with Crippen LogP contribution in [0.1, 0.15) is 57.6 Å². The number of nitrogens with zero attached hydrogens (tertiary/aromatic N) is 7. The zero-order valence-corrected chi connectivity index (χ0v) is 24.4. The molecule has 18 heteroatoms. The van der Waals surface area contributed by atoms with Crippen molar-refractivity contribution in [2.75, 3.05) is 45.8 Å². The largest absolute Gasteiger partial charge is 0.756 e. The van der Waals surface area contributed by atoms with Gasteiger partial charge in [0.05, 0.1) is 32.3 Å². The summed E-state index contributed by atoms with van der Waals surface area (Å²) in [6.07, 6.45) is 3.97. The number of methoxy groups -OCH3 is 1. The van der Waals surface area contributed by atoms with Gasteiger partial charge in [-0.2, -0.15) is 0 Å². The summed E-state index contributed by atoms with van der Waals surface area (Å²) in [5.74, 6) is 0.373. The van der Waals surface area contributed by atoms with Crippen LogP contribution >= 0.6 is 7.82 Å². The number of unbranched alkanes of at least 4 members (excludes halogenated alkanes) is 3. The van der Waals surface area contributed by atoms with E-state index in [0.29, 0.717) is 50.0 Å². The lowest BCUT2D eigenvalue weighted by atomic mass is 10.1. The van der Waals surface area contributed by atoms with Crippen molar-refractivity contribution in [1.82, 2.24) is 19.5 Å². The van der Waals surface area contributed by atoms with Crippen molar-refractivity contribution in [2.45, 2.75) is 75.9 Å². The van der Waals surface area contributed by atoms with Gasteiger partial charge in [-0.25, -0.2) is 15.0 Å². The molecule has 17 nitrogen and oxygen atoms in total. The number of nitrogen functional groups attached to an aromatic ring is 1. The third kappa shape index (κ3) is 10.8. The highest BCUT2D eigenvalue weighted by Gasteiger charge is 2.40. The number of aliphatic hydroxyl groups excluding tert-OH is 1. The number of ether oxygens (including phenoxy) is 3. The van der Waals surface area contributed by atoms with Gasteiger partial charge in [-0.15, -0.1) is 0 Å². The van der Waals surface area contributed by atoms with Crippen LogP contribution in [0, 0.1) is 0 Å². The summed E-state index contributed by atoms with van der Waals surface area (Å²) in [5.41, 5.74) is 14.9. The summed E-state index contributed by atoms with van der Waals surface area (Å²) in [6.45, 7) is 0.125. The van der Waals surface area contributed by atoms with Gasteiger partial charge in [0.1, 0.15) is 36.1 Å². The Morgan fingerprint density at radius 1 is 1.29 bits per heavy atom. The van der Waals surface area contributed by atoms with Gasteiger partial charge in [-0.05, 0) is 31.2 Å². The predicted octanol–water partition coefficient (Wildman–Crippen LogP) is 2.20. The first-order valence-electron chi connectivity index (χ1n) is 13.7. The lowest BCUT2D eigenvalue weighted by Gasteiger charge is -2.28. The molecule has 2 aromatic rings. The van der Waals surface area contributed by atoms with Crippen molar-refractivity contribution in [1.29, 1.82) is 0 Å². The van der Waals surface area contributed by atoms with Crippen LogP contribution in [-0.4, -0.2) is 88.8 Å². The number of imidazole rings is 1. The van der Waals surface area contributed by atoms with E-state index in [-0.39, 0.29) is 31.2 Å². The molecule has 1 aliphatic heterocycles. The van der Waals surface area contributed by atoms with Crippen molar-refractivity contribution in [3.05, 3.63) is 23.1 Å². The van der Waals surface area contributed by atoms with Gasteiger partial charge in [0.15, 0.2) is 11.5 Å². The van der Waals surface area contributed by atoms with E-state index < -0.39 is 39.0 Å². The third-order valence-corrected chi connectivity index (χ3v) is 7.47. The monoisotopic (exact) mass is 613 g/mol. The summed E-state index contributed by atoms with van der Waals surface area (Å²) in [7, 11) is -3.37. The average molecular weight is 614 g/mol. The number of aliphatic hydroxyl groups is 1. The molecule has 0 amide bonds. The number of hydrogen-bond donors (Lipinski definition) is 2. The fourth-order valence-corrected chi connectivity index (χ4v) is 5.36. The number of carbonyl (C=O) groups excluding carboxylic acids is 1. The standard InChI is InChI=1S/C24H39N8O9P/c1-37-14-20-19(11-21(40-20)32-16-29-22-23(25)27-15-28-24(22)32)41-42(35,36)39-13-18(34)12-38-10-6-4-8-17(33)7-3-2-5-9-30-31-26/h15-16,18-21,34H,2-14H2,1H3,(H,35,36)(H2,25,27,28)/p-1/t18?,19?,20-,21-/m1/s1. The Kier molecular flexibility index (Phi) is 14.0. The molecular weight excluding hydrogens is 575 g/mol. The maximum absolute atomic E-state index is 12.5. The molecule has 3 N–H and O–H groups in total. The fraction of sp³-hybridized carbons (Fsp3) is 0.750. The number of fused-ring (bicyclic) bond motifs is 1. The smallest absolute Gasteiger partial charge is 0.268 e. The Balaban J connectivity index is 1.34. The van der Waals surface area contributed by atoms with Crippen LogP contribution in [0.15, 0.2) is 17.8 Å². The van der Waals surface area contributed by atoms with Gasteiger partial charge >= 0.3 is 0 Å². The molecule has 1 aliphatic rings. The van der Waals surface area contributed by atoms with Gasteiger partial charge in [-0.1, -0.05) is 11.5 Å². The average Bonchev–Trinajstić information content (AvgIpc) is 3.56. The van der Waals surface area contributed by atoms with E-state index in [0.717, 1.165) is 19.3 Å². The van der Waals surface area contributed by atoms with Crippen LogP contribution in [0.25, 0.3) is 21.6 Å². The molecule has 234 valence electrons. The summed E-state index contributed by atoms with van der Waals surface area (Å²) in [5, 5.41) is 13.6. The minimum atomic E-state index is -4.82. The maximum atomic E-state index is 12.5. The second-order valence-corrected chi connectivity index (χ2v) is 11.1. The van der Waals surface area contributed by atoms with Crippen LogP contribution in [-0.2, 0) is 32.6 Å². The molecule has 0 aliphatic carbocycles. The molecule has 3 heterocycles. The van der Waals surface area contributed by atoms with E-state index in [9.17, 15) is 19.4 Å². The fourth-order valence-electron chi connectivity index (χ4n) is 4.40. The van der Waals surface area contributed by atoms with Gasteiger partial charge in [0.25, 0.3) is 7.82 Å². The number of hydrogen-bond acceptors (Lipinski definition) is 14. The summed E-state index contributed by atoms with van der Waals surface area (Å²) >= 11 is 0. The predicted molar refractivity (Wildman–Crippen MR) is 147 cm³/mol. The zero-order valence-electron chi connectivity index (χ0n) is 23.5. The van der Waals surface area contributed by atoms with Crippen molar-refractivity contribution < 1.29 is 42.6 Å². The van der Waals surface area contributed by atoms with E-state index in [1.54, 1.807) is 4.57 Å². The number of Topliss-reactive ketones (excluding diaryl/α,β-unsaturated/α-hetero) is 1. The topological polar surface area (TPSA) is 242 Å². The summed E-state index contributed by atoms with van der Waals surface area (Å²) in [4.78, 5) is 39.4. The molecule has 0 aromatic carbocycles. The quantitative estimate of drug-likeness (QED) is 0.0675. The first-order valence-corrected chi connectivity index (χ1v) is 15.2. The number of rotatable bonds is 21. The summed E-state index contributed by atoms with van der Waals surface area (Å²) < 4.78 is 40.9. The van der Waals surface area contributed by atoms with Gasteiger partial charge in [0.2, 0.25) is 0 Å². The highest BCUT2D eigenvalue weighted by Crippen LogP contribution is 2.45. The number of ketones is 1. The van der Waals surface area contributed by atoms with Crippen LogP contribution in [0.5, 0.6) is 0 Å². The van der Waals surface area contributed by atoms with Crippen molar-refractivity contribution in [3.63, 3.8) is 0 Å². The Labute approximate surface area is 242 Å². The van der Waals surface area contributed by atoms with E-state index in [4.69, 9.17) is 34.5 Å². The molecule has 5 atom stereocenters. The van der Waals surface area contributed by atoms with E-state index in [1.165, 1.54) is 19.8 Å². The molecule has 2 aromatic heterocycles. The second-order valence-electron chi connectivity index (χ2n) is 9.78. The first kappa shape index (κ1) is 33.8. The van der Waals surface area contributed by atoms with Crippen molar-refractivity contribution in [3.8, 4) is 0 Å². The SMILES string of the molecule is COC[C@H]1O[C@@H](n2cnc3c(N)ncnc32)CC1OP(=O)([O-])OCC(O)COCCCCC(=O)CCCCCN=[N+]=[N-]. The van der Waals surface area contributed by atoms with Crippen LogP contribution in [0.2, 0.25) is 0 Å². The van der Waals surface area contributed by atoms with Crippen LogP contribution in [0.4, 0.5) is 5.82 Å². The third-order valence-electron chi connectivity index (χ3n) is 6.48. The lowest BCUT2D eigenvalue weighted by Crippen LogP contribution is -2.31. The molecule has 1 fully saturated rings. The highest BCUT2D eigenvalue weighted by molar-refractivity contribution is 7.45. The van der Waals surface area contributed by atoms with Crippen LogP contribution in [0.3, 0.4) is 0 Å². The molecule has 3 unspecified atom stereocenters. The van der Waals surface area contributed by atoms with Gasteiger partial charge in [0, 0.05) is 44.4 Å². The van der Waals surface area contributed by atoms with E-state index in [2.05, 4.69) is 25.0 Å². The molecular formula is C24H38N8O9P-. The molecule has 0 bridgehead atoms. The van der Waals surface area contributed by atoms with Gasteiger partial charge < -0.3 is 39.0 Å². The molecule has 0 spiro atoms. The summed E-state index contributed by atoms with van der Waals surface area (Å²) in [6, 6.07) is 0. The minimum absolute atomic E-state index is 0.0614. The maximum Gasteiger partial charge on any atom is 0.268 e. The van der Waals surface area contributed by atoms with E-state index in [1.807, 2.05) is 0 Å². The Morgan fingerprint density at radius 3 is 2.83 bits per heavy atom. The molecule has 1 saturated heterocycles. The minimum Gasteiger partial charge on any atom is -0.756 e. The Morgan fingerprint density at radius 2 is 2.07 bits per heavy atom. The van der Waals surface area contributed by atoms with Crippen molar-refractivity contribution >= 4 is 30.6 Å². The lowest BCUT2D eigenvalue weighted by molar-refractivity contribution is -0.233. The number of phosphoric acid groups is 1. The van der Waals surface area contributed by atoms with Gasteiger partial charge in [-0.3, -0.25) is 13.9 Å². The number of carbonyl (C=O) groups is 1. The number of aromatic nitrogens is 4. The van der Waals surface area contributed by atoms with Crippen molar-refractivity contribution in [2.24, 2.45) is 5.11 Å². The van der Waals surface area contributed by atoms with Crippen LogP contribution < -0.4 is 10.6 Å². The number of nitrogens with two attached hydrogens (primary N) is 1.